The average Bonchev–Trinajstić information content (AvgIpc) is 2.34. The number of carboxylic acids is 1. The molecule has 1 aliphatic rings. The van der Waals surface area contributed by atoms with Gasteiger partial charge in [0.05, 0.1) is 5.54 Å². The van der Waals surface area contributed by atoms with Gasteiger partial charge in [-0.1, -0.05) is 19.8 Å². The Balaban J connectivity index is 2.56. The van der Waals surface area contributed by atoms with E-state index in [9.17, 15) is 9.59 Å². The summed E-state index contributed by atoms with van der Waals surface area (Å²) in [5, 5.41) is 11.6. The van der Waals surface area contributed by atoms with Crippen molar-refractivity contribution >= 4 is 11.9 Å². The van der Waals surface area contributed by atoms with Crippen molar-refractivity contribution in [2.45, 2.75) is 50.6 Å². The van der Waals surface area contributed by atoms with E-state index in [2.05, 4.69) is 5.32 Å². The van der Waals surface area contributed by atoms with Crippen molar-refractivity contribution in [1.29, 1.82) is 0 Å². The fourth-order valence-electron chi connectivity index (χ4n) is 1.93. The molecule has 1 atom stereocenters. The zero-order valence-corrected chi connectivity index (χ0v) is 10.8. The minimum atomic E-state index is -1.01. The van der Waals surface area contributed by atoms with Gasteiger partial charge in [-0.15, -0.1) is 0 Å². The highest BCUT2D eigenvalue weighted by atomic mass is 16.5. The molecule has 1 unspecified atom stereocenters. The lowest BCUT2D eigenvalue weighted by atomic mass is 9.90. The molecule has 1 saturated heterocycles. The number of aliphatic carboxylic acids is 1. The van der Waals surface area contributed by atoms with Crippen LogP contribution in [0.1, 0.15) is 39.0 Å². The van der Waals surface area contributed by atoms with Crippen LogP contribution < -0.4 is 11.1 Å². The number of nitrogens with two attached hydrogens (primary N) is 1. The third-order valence-corrected chi connectivity index (χ3v) is 3.29. The molecule has 0 spiro atoms. The van der Waals surface area contributed by atoms with Crippen molar-refractivity contribution in [2.75, 3.05) is 13.2 Å². The zero-order chi connectivity index (χ0) is 13.6. The number of nitrogens with one attached hydrogen (secondary N) is 1. The molecule has 0 aromatic heterocycles. The Morgan fingerprint density at radius 3 is 2.56 bits per heavy atom. The third-order valence-electron chi connectivity index (χ3n) is 3.29. The smallest absolute Gasteiger partial charge is 0.326 e. The lowest BCUT2D eigenvalue weighted by Gasteiger charge is -2.32. The van der Waals surface area contributed by atoms with Crippen LogP contribution in [0.4, 0.5) is 0 Å². The molecule has 1 rings (SSSR count). The van der Waals surface area contributed by atoms with Crippen LogP contribution in [0.3, 0.4) is 0 Å². The maximum Gasteiger partial charge on any atom is 0.326 e. The predicted octanol–water partition coefficient (Wildman–Crippen LogP) is 0.254. The van der Waals surface area contributed by atoms with Crippen LogP contribution >= 0.6 is 0 Å². The van der Waals surface area contributed by atoms with Gasteiger partial charge in [0, 0.05) is 13.2 Å². The molecule has 1 amide bonds. The molecule has 1 heterocycles. The van der Waals surface area contributed by atoms with E-state index in [1.165, 1.54) is 0 Å². The van der Waals surface area contributed by atoms with Crippen molar-refractivity contribution in [3.05, 3.63) is 0 Å². The number of carboxylic acid groups (broad SMARTS) is 1. The van der Waals surface area contributed by atoms with Gasteiger partial charge >= 0.3 is 5.97 Å². The van der Waals surface area contributed by atoms with Gasteiger partial charge in [0.25, 0.3) is 0 Å². The first kappa shape index (κ1) is 14.9. The summed E-state index contributed by atoms with van der Waals surface area (Å²) in [6, 6.07) is -0.847. The summed E-state index contributed by atoms with van der Waals surface area (Å²) in [6.07, 6.45) is 2.95. The van der Waals surface area contributed by atoms with Crippen LogP contribution in [0.15, 0.2) is 0 Å². The van der Waals surface area contributed by atoms with Crippen molar-refractivity contribution in [2.24, 2.45) is 5.73 Å². The second kappa shape index (κ2) is 6.70. The van der Waals surface area contributed by atoms with E-state index in [1.54, 1.807) is 0 Å². The summed E-state index contributed by atoms with van der Waals surface area (Å²) in [4.78, 5) is 23.1. The summed E-state index contributed by atoms with van der Waals surface area (Å²) in [6.45, 7) is 2.86. The van der Waals surface area contributed by atoms with Gasteiger partial charge in [-0.3, -0.25) is 4.79 Å². The SMILES string of the molecule is CCCCC(NC(=O)C1(N)CCOCC1)C(=O)O. The predicted molar refractivity (Wildman–Crippen MR) is 66.1 cm³/mol. The van der Waals surface area contributed by atoms with E-state index in [0.29, 0.717) is 32.5 Å². The lowest BCUT2D eigenvalue weighted by molar-refractivity contribution is -0.143. The van der Waals surface area contributed by atoms with E-state index in [0.717, 1.165) is 12.8 Å². The van der Waals surface area contributed by atoms with Crippen LogP contribution in [0, 0.1) is 0 Å². The first-order valence-corrected chi connectivity index (χ1v) is 6.40. The Hall–Kier alpha value is -1.14. The molecule has 0 saturated carbocycles. The number of hydrogen-bond acceptors (Lipinski definition) is 4. The maximum atomic E-state index is 12.0. The number of ether oxygens (including phenoxy) is 1. The number of carbonyl (C=O) groups excluding carboxylic acids is 1. The van der Waals surface area contributed by atoms with Gasteiger partial charge in [0.1, 0.15) is 6.04 Å². The van der Waals surface area contributed by atoms with E-state index in [-0.39, 0.29) is 5.91 Å². The molecule has 4 N–H and O–H groups in total. The Kier molecular flexibility index (Phi) is 5.55. The summed E-state index contributed by atoms with van der Waals surface area (Å²) >= 11 is 0. The van der Waals surface area contributed by atoms with Crippen molar-refractivity contribution in [1.82, 2.24) is 5.32 Å². The van der Waals surface area contributed by atoms with Crippen LogP contribution in [0.5, 0.6) is 0 Å². The van der Waals surface area contributed by atoms with Gasteiger partial charge in [0.15, 0.2) is 0 Å². The first-order valence-electron chi connectivity index (χ1n) is 6.40. The van der Waals surface area contributed by atoms with E-state index >= 15 is 0 Å². The Labute approximate surface area is 107 Å². The fourth-order valence-corrected chi connectivity index (χ4v) is 1.93. The summed E-state index contributed by atoms with van der Waals surface area (Å²) in [5.41, 5.74) is 5.01. The fraction of sp³-hybridized carbons (Fsp3) is 0.833. The topological polar surface area (TPSA) is 102 Å². The number of hydrogen-bond donors (Lipinski definition) is 3. The Bertz CT molecular complexity index is 300. The molecule has 1 aliphatic heterocycles. The second-order valence-electron chi connectivity index (χ2n) is 4.78. The van der Waals surface area contributed by atoms with Crippen molar-refractivity contribution in [3.63, 3.8) is 0 Å². The van der Waals surface area contributed by atoms with Crippen LogP contribution in [-0.4, -0.2) is 41.8 Å². The van der Waals surface area contributed by atoms with Crippen LogP contribution in [0.25, 0.3) is 0 Å². The molecule has 0 aromatic rings. The van der Waals surface area contributed by atoms with Crippen LogP contribution in [0.2, 0.25) is 0 Å². The number of amides is 1. The normalized spacial score (nSPS) is 20.1. The number of rotatable bonds is 6. The van der Waals surface area contributed by atoms with Gasteiger partial charge < -0.3 is 20.9 Å². The average molecular weight is 258 g/mol. The van der Waals surface area contributed by atoms with Gasteiger partial charge in [0.2, 0.25) is 5.91 Å². The van der Waals surface area contributed by atoms with Crippen LogP contribution in [-0.2, 0) is 14.3 Å². The van der Waals surface area contributed by atoms with Gasteiger partial charge in [-0.05, 0) is 19.3 Å². The molecule has 1 fully saturated rings. The van der Waals surface area contributed by atoms with Crippen molar-refractivity contribution in [3.8, 4) is 0 Å². The summed E-state index contributed by atoms with van der Waals surface area (Å²) in [5.74, 6) is -1.39. The minimum absolute atomic E-state index is 0.380. The van der Waals surface area contributed by atoms with E-state index in [4.69, 9.17) is 15.6 Å². The van der Waals surface area contributed by atoms with Crippen molar-refractivity contribution < 1.29 is 19.4 Å². The zero-order valence-electron chi connectivity index (χ0n) is 10.8. The molecule has 0 radical (unpaired) electrons. The highest BCUT2D eigenvalue weighted by molar-refractivity contribution is 5.90. The second-order valence-corrected chi connectivity index (χ2v) is 4.78. The van der Waals surface area contributed by atoms with Gasteiger partial charge in [-0.25, -0.2) is 4.79 Å². The minimum Gasteiger partial charge on any atom is -0.480 e. The first-order chi connectivity index (χ1) is 8.49. The lowest BCUT2D eigenvalue weighted by Crippen LogP contribution is -2.59. The quantitative estimate of drug-likeness (QED) is 0.634. The monoisotopic (exact) mass is 258 g/mol. The summed E-state index contributed by atoms with van der Waals surface area (Å²) in [7, 11) is 0. The highest BCUT2D eigenvalue weighted by Gasteiger charge is 2.37. The largest absolute Gasteiger partial charge is 0.480 e. The molecular formula is C12H22N2O4. The number of unbranched alkanes of at least 4 members (excludes halogenated alkanes) is 1. The Morgan fingerprint density at radius 2 is 2.06 bits per heavy atom. The van der Waals surface area contributed by atoms with E-state index in [1.807, 2.05) is 6.92 Å². The summed E-state index contributed by atoms with van der Waals surface area (Å²) < 4.78 is 5.16. The van der Waals surface area contributed by atoms with E-state index < -0.39 is 17.6 Å². The standard InChI is InChI=1S/C12H22N2O4/c1-2-3-4-9(10(15)16)14-11(17)12(13)5-7-18-8-6-12/h9H,2-8,13H2,1H3,(H,14,17)(H,15,16). The molecule has 104 valence electrons. The van der Waals surface area contributed by atoms with Gasteiger partial charge in [-0.2, -0.15) is 0 Å². The molecule has 6 nitrogen and oxygen atoms in total. The molecular weight excluding hydrogens is 236 g/mol. The highest BCUT2D eigenvalue weighted by Crippen LogP contribution is 2.18. The Morgan fingerprint density at radius 1 is 1.44 bits per heavy atom. The molecule has 0 aliphatic carbocycles. The molecule has 18 heavy (non-hydrogen) atoms. The third kappa shape index (κ3) is 3.96. The molecule has 0 aromatic carbocycles. The maximum absolute atomic E-state index is 12.0. The molecule has 6 heteroatoms. The molecule has 0 bridgehead atoms. The number of carbonyl (C=O) groups is 2.